The van der Waals surface area contributed by atoms with Crippen LogP contribution in [0.25, 0.3) is 0 Å². The summed E-state index contributed by atoms with van der Waals surface area (Å²) in [5, 5.41) is 11.6. The van der Waals surface area contributed by atoms with E-state index >= 15 is 0 Å². The minimum Gasteiger partial charge on any atom is -0.358 e. The number of carbonyl (C=O) groups excluding carboxylic acids is 2. The molecule has 0 fully saturated rings. The first-order chi connectivity index (χ1) is 8.82. The van der Waals surface area contributed by atoms with Crippen LogP contribution in [0.4, 0.5) is 5.88 Å². The molecule has 0 aliphatic carbocycles. The van der Waals surface area contributed by atoms with Crippen molar-refractivity contribution in [2.75, 3.05) is 25.5 Å². The number of hydrogen-bond acceptors (Lipinski definition) is 5. The Labute approximate surface area is 112 Å². The molecule has 0 atom stereocenters. The monoisotopic (exact) mass is 268 g/mol. The minimum absolute atomic E-state index is 0.0268. The Balaban J connectivity index is 2.40. The predicted octanol–water partition coefficient (Wildman–Crippen LogP) is 0.246. The third-order valence-electron chi connectivity index (χ3n) is 2.39. The number of amides is 2. The van der Waals surface area contributed by atoms with Crippen LogP contribution >= 0.6 is 0 Å². The highest BCUT2D eigenvalue weighted by molar-refractivity contribution is 5.91. The lowest BCUT2D eigenvalue weighted by Crippen LogP contribution is -2.36. The van der Waals surface area contributed by atoms with E-state index in [1.807, 2.05) is 20.8 Å². The van der Waals surface area contributed by atoms with Gasteiger partial charge in [0.1, 0.15) is 0 Å². The van der Waals surface area contributed by atoms with Crippen molar-refractivity contribution in [3.63, 3.8) is 0 Å². The standard InChI is InChI=1S/C12H20N4O3/c1-12(2,3)8-5-11(19-16-8)15-10(18)7-14-6-9(17)13-4/h5,14H,6-7H2,1-4H3,(H,13,17)(H,15,18). The van der Waals surface area contributed by atoms with Crippen LogP contribution in [0, 0.1) is 0 Å². The van der Waals surface area contributed by atoms with E-state index < -0.39 is 0 Å². The Morgan fingerprint density at radius 2 is 1.89 bits per heavy atom. The summed E-state index contributed by atoms with van der Waals surface area (Å²) in [5.74, 6) is -0.167. The van der Waals surface area contributed by atoms with Gasteiger partial charge < -0.3 is 9.84 Å². The molecule has 0 radical (unpaired) electrons. The number of nitrogens with one attached hydrogen (secondary N) is 3. The van der Waals surface area contributed by atoms with Crippen molar-refractivity contribution in [1.29, 1.82) is 0 Å². The van der Waals surface area contributed by atoms with Crippen molar-refractivity contribution in [2.24, 2.45) is 0 Å². The van der Waals surface area contributed by atoms with E-state index in [1.54, 1.807) is 6.07 Å². The molecule has 0 unspecified atom stereocenters. The van der Waals surface area contributed by atoms with Gasteiger partial charge in [-0.3, -0.25) is 20.2 Å². The number of carbonyl (C=O) groups is 2. The van der Waals surface area contributed by atoms with Gasteiger partial charge in [-0.05, 0) is 0 Å². The van der Waals surface area contributed by atoms with E-state index in [0.29, 0.717) is 5.88 Å². The number of nitrogens with zero attached hydrogens (tertiary/aromatic N) is 1. The maximum atomic E-state index is 11.5. The Kier molecular flexibility index (Phi) is 5.05. The number of rotatable bonds is 5. The molecule has 7 nitrogen and oxygen atoms in total. The zero-order valence-electron chi connectivity index (χ0n) is 11.7. The van der Waals surface area contributed by atoms with Crippen LogP contribution in [-0.2, 0) is 15.0 Å². The van der Waals surface area contributed by atoms with Crippen LogP contribution in [0.15, 0.2) is 10.6 Å². The van der Waals surface area contributed by atoms with Crippen LogP contribution in [0.2, 0.25) is 0 Å². The average molecular weight is 268 g/mol. The van der Waals surface area contributed by atoms with E-state index in [1.165, 1.54) is 7.05 Å². The summed E-state index contributed by atoms with van der Waals surface area (Å²) in [5.41, 5.74) is 0.630. The van der Waals surface area contributed by atoms with Crippen molar-refractivity contribution >= 4 is 17.7 Å². The molecule has 7 heteroatoms. The first-order valence-corrected chi connectivity index (χ1v) is 6.01. The molecule has 1 rings (SSSR count). The molecule has 0 aliphatic heterocycles. The molecule has 0 aromatic carbocycles. The molecule has 0 spiro atoms. The molecular formula is C12H20N4O3. The van der Waals surface area contributed by atoms with Gasteiger partial charge in [0.05, 0.1) is 18.8 Å². The molecule has 1 aromatic heterocycles. The van der Waals surface area contributed by atoms with Crippen LogP contribution in [-0.4, -0.2) is 37.1 Å². The predicted molar refractivity (Wildman–Crippen MR) is 70.8 cm³/mol. The topological polar surface area (TPSA) is 96.3 Å². The van der Waals surface area contributed by atoms with E-state index in [-0.39, 0.29) is 30.3 Å². The third-order valence-corrected chi connectivity index (χ3v) is 2.39. The van der Waals surface area contributed by atoms with Crippen molar-refractivity contribution in [1.82, 2.24) is 15.8 Å². The molecule has 1 aromatic rings. The van der Waals surface area contributed by atoms with Gasteiger partial charge in [0, 0.05) is 18.5 Å². The summed E-state index contributed by atoms with van der Waals surface area (Å²) < 4.78 is 5.02. The fraction of sp³-hybridized carbons (Fsp3) is 0.583. The smallest absolute Gasteiger partial charge is 0.240 e. The fourth-order valence-corrected chi connectivity index (χ4v) is 1.25. The van der Waals surface area contributed by atoms with Crippen LogP contribution in [0.3, 0.4) is 0 Å². The molecule has 0 saturated heterocycles. The van der Waals surface area contributed by atoms with Gasteiger partial charge in [0.15, 0.2) is 0 Å². The zero-order valence-corrected chi connectivity index (χ0v) is 11.7. The highest BCUT2D eigenvalue weighted by Crippen LogP contribution is 2.23. The van der Waals surface area contributed by atoms with Crippen molar-refractivity contribution in [3.8, 4) is 0 Å². The Morgan fingerprint density at radius 3 is 2.42 bits per heavy atom. The van der Waals surface area contributed by atoms with Crippen molar-refractivity contribution in [3.05, 3.63) is 11.8 Å². The van der Waals surface area contributed by atoms with Gasteiger partial charge in [0.25, 0.3) is 0 Å². The third kappa shape index (κ3) is 5.09. The first-order valence-electron chi connectivity index (χ1n) is 6.01. The Bertz CT molecular complexity index is 448. The molecule has 0 bridgehead atoms. The lowest BCUT2D eigenvalue weighted by Gasteiger charge is -2.12. The Morgan fingerprint density at radius 1 is 1.26 bits per heavy atom. The summed E-state index contributed by atoms with van der Waals surface area (Å²) in [7, 11) is 1.53. The first kappa shape index (κ1) is 15.2. The SMILES string of the molecule is CNC(=O)CNCC(=O)Nc1cc(C(C)(C)C)no1. The molecular weight excluding hydrogens is 248 g/mol. The van der Waals surface area contributed by atoms with Crippen molar-refractivity contribution in [2.45, 2.75) is 26.2 Å². The minimum atomic E-state index is -0.291. The summed E-state index contributed by atoms with van der Waals surface area (Å²) in [6.45, 7) is 6.12. The van der Waals surface area contributed by atoms with Gasteiger partial charge in [-0.1, -0.05) is 25.9 Å². The Hall–Kier alpha value is -1.89. The van der Waals surface area contributed by atoms with E-state index in [0.717, 1.165) is 5.69 Å². The molecule has 1 heterocycles. The zero-order chi connectivity index (χ0) is 14.5. The molecule has 3 N–H and O–H groups in total. The summed E-state index contributed by atoms with van der Waals surface area (Å²) in [6.07, 6.45) is 0. The number of anilines is 1. The van der Waals surface area contributed by atoms with E-state index in [4.69, 9.17) is 4.52 Å². The van der Waals surface area contributed by atoms with Crippen LogP contribution in [0.5, 0.6) is 0 Å². The summed E-state index contributed by atoms with van der Waals surface area (Å²) in [4.78, 5) is 22.5. The lowest BCUT2D eigenvalue weighted by atomic mass is 9.92. The van der Waals surface area contributed by atoms with Crippen molar-refractivity contribution < 1.29 is 14.1 Å². The number of hydrogen-bond donors (Lipinski definition) is 3. The van der Waals surface area contributed by atoms with Crippen LogP contribution < -0.4 is 16.0 Å². The van der Waals surface area contributed by atoms with Gasteiger partial charge >= 0.3 is 0 Å². The second-order valence-electron chi connectivity index (χ2n) is 5.15. The van der Waals surface area contributed by atoms with Gasteiger partial charge in [0.2, 0.25) is 17.7 Å². The van der Waals surface area contributed by atoms with Gasteiger partial charge in [-0.15, -0.1) is 0 Å². The van der Waals surface area contributed by atoms with Gasteiger partial charge in [-0.25, -0.2) is 0 Å². The normalized spacial score (nSPS) is 11.2. The summed E-state index contributed by atoms with van der Waals surface area (Å²) in [6, 6.07) is 1.69. The molecule has 19 heavy (non-hydrogen) atoms. The lowest BCUT2D eigenvalue weighted by molar-refractivity contribution is -0.120. The quantitative estimate of drug-likeness (QED) is 0.711. The highest BCUT2D eigenvalue weighted by Gasteiger charge is 2.19. The largest absolute Gasteiger partial charge is 0.358 e. The number of aromatic nitrogens is 1. The average Bonchev–Trinajstić information content (AvgIpc) is 2.77. The second kappa shape index (κ2) is 6.33. The van der Waals surface area contributed by atoms with E-state index in [2.05, 4.69) is 21.1 Å². The molecule has 106 valence electrons. The van der Waals surface area contributed by atoms with E-state index in [9.17, 15) is 9.59 Å². The molecule has 0 aliphatic rings. The molecule has 2 amide bonds. The second-order valence-corrected chi connectivity index (χ2v) is 5.15. The highest BCUT2D eigenvalue weighted by atomic mass is 16.5. The maximum Gasteiger partial charge on any atom is 0.240 e. The number of likely N-dealkylation sites (N-methyl/N-ethyl adjacent to an activating group) is 1. The fourth-order valence-electron chi connectivity index (χ4n) is 1.25. The van der Waals surface area contributed by atoms with Crippen LogP contribution in [0.1, 0.15) is 26.5 Å². The van der Waals surface area contributed by atoms with Gasteiger partial charge in [-0.2, -0.15) is 0 Å². The molecule has 0 saturated carbocycles. The maximum absolute atomic E-state index is 11.5. The summed E-state index contributed by atoms with van der Waals surface area (Å²) >= 11 is 0.